The van der Waals surface area contributed by atoms with E-state index in [2.05, 4.69) is 72.8 Å². The number of allylic oxidation sites excluding steroid dienone is 4. The number of ether oxygens (including phenoxy) is 4. The molecule has 6 atom stereocenters. The predicted octanol–water partition coefficient (Wildman–Crippen LogP) is 26.0. The van der Waals surface area contributed by atoms with Crippen LogP contribution < -0.4 is 0 Å². The van der Waals surface area contributed by atoms with Crippen molar-refractivity contribution in [2.45, 2.75) is 452 Å². The van der Waals surface area contributed by atoms with Crippen LogP contribution in [-0.4, -0.2) is 96.7 Å². The molecule has 0 aliphatic rings. The third-order valence-electron chi connectivity index (χ3n) is 20.1. The van der Waals surface area contributed by atoms with Gasteiger partial charge in [-0.05, 0) is 69.1 Å². The van der Waals surface area contributed by atoms with Gasteiger partial charge in [0.15, 0.2) is 12.2 Å². The fraction of sp³-hybridized carbons (Fsp3) is 0.908. The maximum atomic E-state index is 13.2. The predicted molar refractivity (Wildman–Crippen MR) is 437 cm³/mol. The van der Waals surface area contributed by atoms with Gasteiger partial charge in [0, 0.05) is 25.7 Å². The van der Waals surface area contributed by atoms with Gasteiger partial charge in [-0.2, -0.15) is 0 Å². The Morgan fingerprint density at radius 3 is 0.840 bits per heavy atom. The van der Waals surface area contributed by atoms with E-state index >= 15 is 0 Å². The summed E-state index contributed by atoms with van der Waals surface area (Å²) in [4.78, 5) is 73.2. The zero-order valence-electron chi connectivity index (χ0n) is 69.4. The number of rotatable bonds is 83. The number of phosphoric ester groups is 2. The Kier molecular flexibility index (Phi) is 74.7. The molecule has 3 unspecified atom stereocenters. The van der Waals surface area contributed by atoms with Crippen LogP contribution in [0, 0.1) is 17.8 Å². The first kappa shape index (κ1) is 104. The first-order valence-corrected chi connectivity index (χ1v) is 47.2. The summed E-state index contributed by atoms with van der Waals surface area (Å²) < 4.78 is 68.9. The van der Waals surface area contributed by atoms with Crippen LogP contribution in [0.1, 0.15) is 434 Å². The Hall–Kier alpha value is -2.46. The lowest BCUT2D eigenvalue weighted by atomic mass is 9.99. The van der Waals surface area contributed by atoms with Gasteiger partial charge < -0.3 is 33.8 Å². The second-order valence-electron chi connectivity index (χ2n) is 31.8. The summed E-state index contributed by atoms with van der Waals surface area (Å²) in [6, 6.07) is 0. The van der Waals surface area contributed by atoms with Gasteiger partial charge in [0.05, 0.1) is 26.4 Å². The SMILES string of the molecule is CCCCCC/C=C\C=C/CCCCCCCC(=O)O[C@H](COC(=O)CCCCCCCCCCCC(C)C)COP(=O)(O)OC[C@H](O)COP(=O)(O)OC[C@@H](COC(=O)CCCCCCCCCCCCCCCCC(C)CC)OC(=O)CCCCCCCCCCCCCCCCCCCCC(C)C. The molecular formula is C87H166O17P2. The van der Waals surface area contributed by atoms with Gasteiger partial charge in [0.1, 0.15) is 19.3 Å². The zero-order valence-corrected chi connectivity index (χ0v) is 71.2. The molecule has 0 saturated carbocycles. The molecule has 17 nitrogen and oxygen atoms in total. The molecule has 0 aliphatic heterocycles. The van der Waals surface area contributed by atoms with Gasteiger partial charge in [-0.25, -0.2) is 9.13 Å². The number of aliphatic hydroxyl groups excluding tert-OH is 1. The molecule has 0 bridgehead atoms. The molecule has 0 heterocycles. The molecule has 0 aromatic carbocycles. The Labute approximate surface area is 650 Å². The largest absolute Gasteiger partial charge is 0.472 e. The fourth-order valence-electron chi connectivity index (χ4n) is 13.0. The molecule has 19 heteroatoms. The molecule has 0 radical (unpaired) electrons. The van der Waals surface area contributed by atoms with Crippen LogP contribution in [0.4, 0.5) is 0 Å². The van der Waals surface area contributed by atoms with Crippen molar-refractivity contribution < 1.29 is 80.2 Å². The van der Waals surface area contributed by atoms with Crippen LogP contribution in [0.5, 0.6) is 0 Å². The van der Waals surface area contributed by atoms with E-state index in [1.54, 1.807) is 0 Å². The van der Waals surface area contributed by atoms with Crippen LogP contribution in [0.25, 0.3) is 0 Å². The lowest BCUT2D eigenvalue weighted by Gasteiger charge is -2.21. The molecule has 0 amide bonds. The monoisotopic (exact) mass is 1550 g/mol. The number of phosphoric acid groups is 2. The molecule has 626 valence electrons. The van der Waals surface area contributed by atoms with E-state index < -0.39 is 97.5 Å². The van der Waals surface area contributed by atoms with Gasteiger partial charge in [-0.15, -0.1) is 0 Å². The van der Waals surface area contributed by atoms with Gasteiger partial charge in [-0.3, -0.25) is 37.3 Å². The van der Waals surface area contributed by atoms with E-state index in [0.29, 0.717) is 25.7 Å². The van der Waals surface area contributed by atoms with E-state index in [1.165, 1.54) is 231 Å². The first-order valence-electron chi connectivity index (χ1n) is 44.2. The van der Waals surface area contributed by atoms with Crippen molar-refractivity contribution >= 4 is 39.5 Å². The Bertz CT molecular complexity index is 2140. The van der Waals surface area contributed by atoms with Gasteiger partial charge in [0.25, 0.3) is 0 Å². The molecule has 0 fully saturated rings. The second-order valence-corrected chi connectivity index (χ2v) is 34.7. The summed E-state index contributed by atoms with van der Waals surface area (Å²) in [5.41, 5.74) is 0. The van der Waals surface area contributed by atoms with E-state index in [4.69, 9.17) is 37.0 Å². The molecule has 0 saturated heterocycles. The van der Waals surface area contributed by atoms with Gasteiger partial charge >= 0.3 is 39.5 Å². The first-order chi connectivity index (χ1) is 51.3. The number of carbonyl (C=O) groups excluding carboxylic acids is 4. The lowest BCUT2D eigenvalue weighted by Crippen LogP contribution is -2.30. The molecule has 0 aliphatic carbocycles. The van der Waals surface area contributed by atoms with E-state index in [-0.39, 0.29) is 25.7 Å². The number of carbonyl (C=O) groups is 4. The number of aliphatic hydroxyl groups is 1. The average Bonchev–Trinajstić information content (AvgIpc) is 0.901. The highest BCUT2D eigenvalue weighted by molar-refractivity contribution is 7.47. The molecule has 0 aromatic rings. The average molecular weight is 1550 g/mol. The molecular weight excluding hydrogens is 1380 g/mol. The summed E-state index contributed by atoms with van der Waals surface area (Å²) in [6.07, 6.45) is 70.2. The summed E-state index contributed by atoms with van der Waals surface area (Å²) >= 11 is 0. The van der Waals surface area contributed by atoms with Gasteiger partial charge in [-0.1, -0.05) is 381 Å². The highest BCUT2D eigenvalue weighted by Gasteiger charge is 2.30. The number of esters is 4. The smallest absolute Gasteiger partial charge is 0.462 e. The van der Waals surface area contributed by atoms with Crippen LogP contribution in [0.3, 0.4) is 0 Å². The highest BCUT2D eigenvalue weighted by Crippen LogP contribution is 2.45. The van der Waals surface area contributed by atoms with Crippen molar-refractivity contribution in [1.29, 1.82) is 0 Å². The minimum Gasteiger partial charge on any atom is -0.462 e. The van der Waals surface area contributed by atoms with Gasteiger partial charge in [0.2, 0.25) is 0 Å². The summed E-state index contributed by atoms with van der Waals surface area (Å²) in [7, 11) is -9.94. The lowest BCUT2D eigenvalue weighted by molar-refractivity contribution is -0.161. The highest BCUT2D eigenvalue weighted by atomic mass is 31.2. The maximum Gasteiger partial charge on any atom is 0.472 e. The zero-order chi connectivity index (χ0) is 77.9. The molecule has 106 heavy (non-hydrogen) atoms. The summed E-state index contributed by atoms with van der Waals surface area (Å²) in [6.45, 7) is 12.0. The van der Waals surface area contributed by atoms with Crippen molar-refractivity contribution in [3.8, 4) is 0 Å². The topological polar surface area (TPSA) is 237 Å². The number of hydrogen-bond acceptors (Lipinski definition) is 15. The second kappa shape index (κ2) is 76.5. The quantitative estimate of drug-likeness (QED) is 0.0169. The Balaban J connectivity index is 5.28. The van der Waals surface area contributed by atoms with Crippen LogP contribution >= 0.6 is 15.6 Å². The summed E-state index contributed by atoms with van der Waals surface area (Å²) in [5.74, 6) is 0.275. The van der Waals surface area contributed by atoms with E-state index in [9.17, 15) is 43.2 Å². The third kappa shape index (κ3) is 78.2. The van der Waals surface area contributed by atoms with Crippen LogP contribution in [-0.2, 0) is 65.4 Å². The third-order valence-corrected chi connectivity index (χ3v) is 22.0. The van der Waals surface area contributed by atoms with Crippen molar-refractivity contribution in [2.75, 3.05) is 39.6 Å². The van der Waals surface area contributed by atoms with Crippen molar-refractivity contribution in [3.05, 3.63) is 24.3 Å². The minimum atomic E-state index is -4.97. The molecule has 0 rings (SSSR count). The number of unbranched alkanes of at least 4 members (excludes halogenated alkanes) is 47. The number of hydrogen-bond donors (Lipinski definition) is 3. The van der Waals surface area contributed by atoms with E-state index in [1.807, 2.05) is 0 Å². The Morgan fingerprint density at radius 1 is 0.311 bits per heavy atom. The van der Waals surface area contributed by atoms with E-state index in [0.717, 1.165) is 120 Å². The van der Waals surface area contributed by atoms with Crippen LogP contribution in [0.15, 0.2) is 24.3 Å². The van der Waals surface area contributed by atoms with Crippen molar-refractivity contribution in [3.63, 3.8) is 0 Å². The maximum absolute atomic E-state index is 13.2. The van der Waals surface area contributed by atoms with Crippen molar-refractivity contribution in [1.82, 2.24) is 0 Å². The molecule has 0 spiro atoms. The molecule has 3 N–H and O–H groups in total. The van der Waals surface area contributed by atoms with Crippen LogP contribution in [0.2, 0.25) is 0 Å². The summed E-state index contributed by atoms with van der Waals surface area (Å²) in [5, 5.41) is 10.7. The standard InChI is InChI=1S/C87H166O17P2/c1-8-10-11-12-13-14-15-16-21-29-34-41-49-56-63-70-86(91)104-83(75-98-85(90)69-62-55-48-43-36-38-45-52-59-66-79(5)6)77-102-106(95,96)100-73-81(88)72-99-105(93,94)101-76-82(74-97-84(89)68-61-54-47-40-33-28-25-24-27-32-39-46-53-60-67-80(7)9-2)103-87(92)71-64-57-50-42-35-30-23-20-18-17-19-22-26-31-37-44-51-58-65-78(3)4/h14-16,21,78-83,88H,8-13,17-20,22-77H2,1-7H3,(H,93,94)(H,95,96)/b15-14-,21-16-/t80?,81-,82-,83-/m1/s1. The normalized spacial score (nSPS) is 14.3. The van der Waals surface area contributed by atoms with Crippen molar-refractivity contribution in [2.24, 2.45) is 17.8 Å². The molecule has 0 aromatic heterocycles. The Morgan fingerprint density at radius 2 is 0.557 bits per heavy atom. The fourth-order valence-corrected chi connectivity index (χ4v) is 14.6. The minimum absolute atomic E-state index is 0.0847.